The number of amides is 2. The molecule has 0 unspecified atom stereocenters. The summed E-state index contributed by atoms with van der Waals surface area (Å²) in [6, 6.07) is 7.75. The van der Waals surface area contributed by atoms with Gasteiger partial charge in [-0.2, -0.15) is 0 Å². The van der Waals surface area contributed by atoms with Gasteiger partial charge < -0.3 is 19.9 Å². The fourth-order valence-electron chi connectivity index (χ4n) is 6.89. The third-order valence-electron chi connectivity index (χ3n) is 10.4. The van der Waals surface area contributed by atoms with E-state index in [1.807, 2.05) is 66.1 Å². The number of likely N-dealkylation sites (tertiary alicyclic amines) is 1. The van der Waals surface area contributed by atoms with Crippen LogP contribution < -0.4 is 5.32 Å². The second-order valence-electron chi connectivity index (χ2n) is 13.9. The first kappa shape index (κ1) is 37.3. The zero-order valence-electron chi connectivity index (χ0n) is 29.8. The minimum absolute atomic E-state index is 0.0206. The largest absolute Gasteiger partial charge is 0.455 e. The minimum atomic E-state index is -0.738. The lowest BCUT2D eigenvalue weighted by atomic mass is 9.80. The summed E-state index contributed by atoms with van der Waals surface area (Å²) in [5.74, 6) is -1.13. The predicted octanol–water partition coefficient (Wildman–Crippen LogP) is 6.18. The van der Waals surface area contributed by atoms with Crippen molar-refractivity contribution in [2.45, 2.75) is 97.8 Å². The van der Waals surface area contributed by atoms with E-state index >= 15 is 0 Å². The maximum Gasteiger partial charge on any atom is 0.303 e. The number of rotatable bonds is 16. The van der Waals surface area contributed by atoms with Gasteiger partial charge in [0, 0.05) is 67.8 Å². The summed E-state index contributed by atoms with van der Waals surface area (Å²) in [5.41, 5.74) is 1.89. The van der Waals surface area contributed by atoms with Gasteiger partial charge in [0.2, 0.25) is 5.91 Å². The van der Waals surface area contributed by atoms with Gasteiger partial charge in [-0.15, -0.1) is 11.3 Å². The molecule has 5 atom stereocenters. The summed E-state index contributed by atoms with van der Waals surface area (Å²) in [5, 5.41) is 6.27. The first-order chi connectivity index (χ1) is 22.8. The van der Waals surface area contributed by atoms with Crippen molar-refractivity contribution in [1.29, 1.82) is 0 Å². The molecule has 1 saturated heterocycles. The number of Topliss-reactive ketones (excluding diaryl/α,β-unsaturated/α-hetero) is 1. The SMILES string of the molecule is CC[C@H](C)[C@H](CC(=O)[C@@]1(C)CCCN1C)C(=O)N(C)[C@H](C[C@@H](OC(C)=O)c1nc(C(=O)NCCc2c[nH]c3ccccc23)cs1)C(C)C. The van der Waals surface area contributed by atoms with Crippen molar-refractivity contribution in [2.75, 3.05) is 27.2 Å². The Morgan fingerprint density at radius 1 is 1.19 bits per heavy atom. The fraction of sp³-hybridized carbons (Fsp3) is 0.595. The second-order valence-corrected chi connectivity index (χ2v) is 14.8. The molecule has 0 aliphatic carbocycles. The smallest absolute Gasteiger partial charge is 0.303 e. The van der Waals surface area contributed by atoms with Crippen molar-refractivity contribution in [3.05, 3.63) is 52.1 Å². The molecule has 3 aromatic rings. The first-order valence-corrected chi connectivity index (χ1v) is 18.1. The molecule has 1 aliphatic rings. The van der Waals surface area contributed by atoms with E-state index in [4.69, 9.17) is 4.74 Å². The number of esters is 1. The highest BCUT2D eigenvalue weighted by atomic mass is 32.1. The number of ether oxygens (including phenoxy) is 1. The molecule has 0 bridgehead atoms. The number of aromatic amines is 1. The van der Waals surface area contributed by atoms with E-state index in [1.165, 1.54) is 18.3 Å². The normalized spacial score (nSPS) is 19.2. The highest BCUT2D eigenvalue weighted by Crippen LogP contribution is 2.35. The molecule has 0 spiro atoms. The van der Waals surface area contributed by atoms with Crippen LogP contribution in [0, 0.1) is 17.8 Å². The zero-order chi connectivity index (χ0) is 35.2. The summed E-state index contributed by atoms with van der Waals surface area (Å²) in [6.45, 7) is 12.8. The minimum Gasteiger partial charge on any atom is -0.455 e. The maximum absolute atomic E-state index is 14.2. The molecule has 0 saturated carbocycles. The number of benzene rings is 1. The number of carbonyl (C=O) groups is 4. The predicted molar refractivity (Wildman–Crippen MR) is 190 cm³/mol. The summed E-state index contributed by atoms with van der Waals surface area (Å²) >= 11 is 1.26. The van der Waals surface area contributed by atoms with Gasteiger partial charge in [-0.3, -0.25) is 24.1 Å². The van der Waals surface area contributed by atoms with Crippen LogP contribution in [0.1, 0.15) is 101 Å². The van der Waals surface area contributed by atoms with Crippen LogP contribution in [0.5, 0.6) is 0 Å². The summed E-state index contributed by atoms with van der Waals surface area (Å²) < 4.78 is 5.77. The fourth-order valence-corrected chi connectivity index (χ4v) is 7.73. The Hall–Kier alpha value is -3.57. The van der Waals surface area contributed by atoms with Crippen LogP contribution in [0.2, 0.25) is 0 Å². The van der Waals surface area contributed by atoms with Crippen LogP contribution in [-0.4, -0.2) is 82.1 Å². The number of fused-ring (bicyclic) bond motifs is 1. The summed E-state index contributed by atoms with van der Waals surface area (Å²) in [4.78, 5) is 64.9. The molecule has 48 heavy (non-hydrogen) atoms. The third kappa shape index (κ3) is 8.52. The van der Waals surface area contributed by atoms with E-state index in [2.05, 4.69) is 26.3 Å². The van der Waals surface area contributed by atoms with E-state index in [0.29, 0.717) is 24.4 Å². The van der Waals surface area contributed by atoms with Gasteiger partial charge in [-0.25, -0.2) is 4.98 Å². The third-order valence-corrected chi connectivity index (χ3v) is 11.4. The molecular formula is C37H53N5O5S. The number of hydrogen-bond acceptors (Lipinski definition) is 8. The van der Waals surface area contributed by atoms with Gasteiger partial charge in [0.05, 0.1) is 5.54 Å². The van der Waals surface area contributed by atoms with Gasteiger partial charge in [-0.1, -0.05) is 52.3 Å². The molecule has 0 radical (unpaired) electrons. The molecule has 2 aromatic heterocycles. The Kier molecular flexibility index (Phi) is 12.6. The van der Waals surface area contributed by atoms with Crippen LogP contribution >= 0.6 is 11.3 Å². The lowest BCUT2D eigenvalue weighted by Crippen LogP contribution is -2.50. The summed E-state index contributed by atoms with van der Waals surface area (Å²) in [6.07, 6.45) is 4.95. The van der Waals surface area contributed by atoms with E-state index < -0.39 is 23.5 Å². The number of carbonyl (C=O) groups excluding carboxylic acids is 4. The molecule has 2 amide bonds. The van der Waals surface area contributed by atoms with Crippen molar-refractivity contribution >= 4 is 45.8 Å². The summed E-state index contributed by atoms with van der Waals surface area (Å²) in [7, 11) is 3.77. The number of nitrogens with one attached hydrogen (secondary N) is 2. The number of ketones is 1. The lowest BCUT2D eigenvalue weighted by molar-refractivity contribution is -0.149. The molecule has 2 N–H and O–H groups in total. The molecule has 1 fully saturated rings. The maximum atomic E-state index is 14.2. The van der Waals surface area contributed by atoms with Gasteiger partial charge >= 0.3 is 5.97 Å². The standard InChI is InChI=1S/C37H53N5O5S/c1-9-24(4)28(19-33(44)37(6)16-12-18-41(37)7)36(46)42(8)31(23(2)3)20-32(47-25(5)43)35-40-30(22-48-35)34(45)38-17-15-26-21-39-29-14-11-10-13-27(26)29/h10-11,13-14,21-24,28,31-32,39H,9,12,15-20H2,1-8H3,(H,38,45)/t24-,28-,31+,32+,37+/m0/s1. The Bertz CT molecular complexity index is 1580. The number of aromatic nitrogens is 2. The van der Waals surface area contributed by atoms with Crippen LogP contribution in [0.3, 0.4) is 0 Å². The number of nitrogens with zero attached hydrogens (tertiary/aromatic N) is 3. The van der Waals surface area contributed by atoms with Gasteiger partial charge in [0.15, 0.2) is 11.9 Å². The molecule has 262 valence electrons. The molecule has 10 nitrogen and oxygen atoms in total. The number of para-hydroxylation sites is 1. The van der Waals surface area contributed by atoms with Gasteiger partial charge in [-0.05, 0) is 63.2 Å². The zero-order valence-corrected chi connectivity index (χ0v) is 30.6. The van der Waals surface area contributed by atoms with Crippen LogP contribution in [-0.2, 0) is 25.5 Å². The average molecular weight is 680 g/mol. The molecule has 11 heteroatoms. The van der Waals surface area contributed by atoms with Gasteiger partial charge in [0.1, 0.15) is 10.7 Å². The first-order valence-electron chi connectivity index (χ1n) is 17.2. The monoisotopic (exact) mass is 679 g/mol. The van der Waals surface area contributed by atoms with E-state index in [0.717, 1.165) is 42.3 Å². The number of likely N-dealkylation sites (N-methyl/N-ethyl adjacent to an activating group) is 1. The molecule has 1 aliphatic heterocycles. The second kappa shape index (κ2) is 16.2. The highest BCUT2D eigenvalue weighted by Gasteiger charge is 2.43. The molecule has 3 heterocycles. The number of hydrogen-bond donors (Lipinski definition) is 2. The highest BCUT2D eigenvalue weighted by molar-refractivity contribution is 7.09. The Labute approximate surface area is 289 Å². The van der Waals surface area contributed by atoms with Gasteiger partial charge in [0.25, 0.3) is 5.91 Å². The van der Waals surface area contributed by atoms with Crippen molar-refractivity contribution in [2.24, 2.45) is 17.8 Å². The van der Waals surface area contributed by atoms with Crippen LogP contribution in [0.25, 0.3) is 10.9 Å². The van der Waals surface area contributed by atoms with Crippen molar-refractivity contribution in [1.82, 2.24) is 25.1 Å². The lowest BCUT2D eigenvalue weighted by Gasteiger charge is -2.38. The van der Waals surface area contributed by atoms with E-state index in [-0.39, 0.29) is 47.6 Å². The van der Waals surface area contributed by atoms with Crippen molar-refractivity contribution < 1.29 is 23.9 Å². The van der Waals surface area contributed by atoms with Crippen molar-refractivity contribution in [3.8, 4) is 0 Å². The Balaban J connectivity index is 1.46. The molecule has 4 rings (SSSR count). The van der Waals surface area contributed by atoms with E-state index in [9.17, 15) is 19.2 Å². The number of thiazole rings is 1. The van der Waals surface area contributed by atoms with E-state index in [1.54, 1.807) is 17.3 Å². The molecular weight excluding hydrogens is 627 g/mol. The van der Waals surface area contributed by atoms with Crippen LogP contribution in [0.4, 0.5) is 0 Å². The number of H-pyrrole nitrogens is 1. The topological polar surface area (TPSA) is 125 Å². The quantitative estimate of drug-likeness (QED) is 0.173. The molecule has 1 aromatic carbocycles. The average Bonchev–Trinajstić information content (AvgIpc) is 3.80. The Morgan fingerprint density at radius 3 is 2.56 bits per heavy atom. The van der Waals surface area contributed by atoms with Crippen LogP contribution in [0.15, 0.2) is 35.8 Å². The van der Waals surface area contributed by atoms with Crippen molar-refractivity contribution in [3.63, 3.8) is 0 Å². The Morgan fingerprint density at radius 2 is 1.92 bits per heavy atom.